The number of rotatable bonds is 0. The third-order valence-electron chi connectivity index (χ3n) is 1.31. The molecule has 1 aromatic heterocycles. The van der Waals surface area contributed by atoms with Crippen LogP contribution in [0.5, 0.6) is 0 Å². The molecule has 0 spiro atoms. The molecule has 0 aliphatic heterocycles. The average molecular weight is 217 g/mol. The maximum atomic E-state index is 4.73. The van der Waals surface area contributed by atoms with Crippen molar-refractivity contribution in [2.75, 3.05) is 0 Å². The van der Waals surface area contributed by atoms with E-state index in [1.807, 2.05) is 36.4 Å². The standard InChI is InChI=1S/C10H11N5O/c1-2-4-6-8-10-16-15-14-13-12-11-9-7-5-3-1/h1-10H,(H,11,13,15). The van der Waals surface area contributed by atoms with E-state index in [0.717, 1.165) is 0 Å². The minimum atomic E-state index is 1.42. The lowest BCUT2D eigenvalue weighted by Crippen LogP contribution is -1.83. The maximum Gasteiger partial charge on any atom is 0.121 e. The molecule has 1 heterocycles. The third kappa shape index (κ3) is 6.96. The lowest BCUT2D eigenvalue weighted by atomic mass is 10.4. The fourth-order valence-electron chi connectivity index (χ4n) is 0.703. The van der Waals surface area contributed by atoms with Crippen LogP contribution in [0.1, 0.15) is 0 Å². The molecule has 0 unspecified atom stereocenters. The number of H-pyrrole nitrogens is 1. The molecule has 0 aliphatic rings. The van der Waals surface area contributed by atoms with Crippen LogP contribution in [0.2, 0.25) is 0 Å². The predicted octanol–water partition coefficient (Wildman–Crippen LogP) is 1.56. The largest absolute Gasteiger partial charge is 0.372 e. The monoisotopic (exact) mass is 217 g/mol. The Morgan fingerprint density at radius 3 is 2.25 bits per heavy atom. The molecule has 0 aromatic carbocycles. The molecular weight excluding hydrogens is 206 g/mol. The summed E-state index contributed by atoms with van der Waals surface area (Å²) in [5, 5.41) is 15.8. The normalized spacial score (nSPS) is 8.00. The molecule has 0 saturated carbocycles. The van der Waals surface area contributed by atoms with E-state index in [9.17, 15) is 0 Å². The predicted molar refractivity (Wildman–Crippen MR) is 57.1 cm³/mol. The number of aromatic nitrogens is 5. The summed E-state index contributed by atoms with van der Waals surface area (Å²) in [4.78, 5) is 0. The van der Waals surface area contributed by atoms with Gasteiger partial charge in [0.25, 0.3) is 0 Å². The van der Waals surface area contributed by atoms with E-state index in [1.54, 1.807) is 12.1 Å². The zero-order chi connectivity index (χ0) is 11.3. The van der Waals surface area contributed by atoms with Crippen LogP contribution in [-0.2, 0) is 0 Å². The van der Waals surface area contributed by atoms with Crippen molar-refractivity contribution >= 4 is 0 Å². The summed E-state index contributed by atoms with van der Waals surface area (Å²) in [5.74, 6) is 0. The minimum Gasteiger partial charge on any atom is -0.372 e. The number of aromatic amines is 1. The Bertz CT molecular complexity index is 270. The van der Waals surface area contributed by atoms with Gasteiger partial charge in [0.15, 0.2) is 0 Å². The van der Waals surface area contributed by atoms with Crippen LogP contribution in [0.3, 0.4) is 0 Å². The first-order chi connectivity index (χ1) is 8.00. The van der Waals surface area contributed by atoms with E-state index in [0.29, 0.717) is 0 Å². The average Bonchev–Trinajstić information content (AvgIpc) is 2.29. The highest BCUT2D eigenvalue weighted by atomic mass is 16.5. The summed E-state index contributed by atoms with van der Waals surface area (Å²) in [5.41, 5.74) is 0. The maximum absolute atomic E-state index is 4.73. The van der Waals surface area contributed by atoms with Gasteiger partial charge in [-0.25, -0.2) is 0 Å². The molecule has 6 nitrogen and oxygen atoms in total. The molecule has 16 heavy (non-hydrogen) atoms. The molecule has 0 amide bonds. The van der Waals surface area contributed by atoms with Crippen molar-refractivity contribution in [1.82, 2.24) is 26.0 Å². The summed E-state index contributed by atoms with van der Waals surface area (Å²) in [6.07, 6.45) is 2.91. The van der Waals surface area contributed by atoms with Gasteiger partial charge in [0.1, 0.15) is 6.26 Å². The highest BCUT2D eigenvalue weighted by molar-refractivity contribution is 4.93. The quantitative estimate of drug-likeness (QED) is 0.713. The zero-order valence-corrected chi connectivity index (χ0v) is 8.47. The molecule has 0 saturated heterocycles. The van der Waals surface area contributed by atoms with Crippen LogP contribution in [-0.4, -0.2) is 26.0 Å². The molecule has 1 rings (SSSR count). The van der Waals surface area contributed by atoms with Crippen LogP contribution >= 0.6 is 0 Å². The Morgan fingerprint density at radius 1 is 0.750 bits per heavy atom. The lowest BCUT2D eigenvalue weighted by molar-refractivity contribution is 0.351. The molecule has 1 aromatic rings. The fourth-order valence-corrected chi connectivity index (χ4v) is 0.703. The Morgan fingerprint density at radius 2 is 1.44 bits per heavy atom. The van der Waals surface area contributed by atoms with Crippen molar-refractivity contribution < 1.29 is 4.52 Å². The van der Waals surface area contributed by atoms with Crippen molar-refractivity contribution in [2.24, 2.45) is 0 Å². The van der Waals surface area contributed by atoms with Crippen LogP contribution < -0.4 is 0 Å². The first kappa shape index (κ1) is 11.6. The van der Waals surface area contributed by atoms with Gasteiger partial charge in [0.2, 0.25) is 0 Å². The van der Waals surface area contributed by atoms with E-state index in [4.69, 9.17) is 4.52 Å². The van der Waals surface area contributed by atoms with Gasteiger partial charge >= 0.3 is 0 Å². The lowest BCUT2D eigenvalue weighted by Gasteiger charge is -1.70. The zero-order valence-electron chi connectivity index (χ0n) is 8.47. The number of nitrogens with zero attached hydrogens (tertiary/aromatic N) is 4. The van der Waals surface area contributed by atoms with Crippen molar-refractivity contribution in [2.45, 2.75) is 0 Å². The minimum absolute atomic E-state index is 1.42. The SMILES string of the molecule is c1ccccco[nH]nnnncccc1. The second kappa shape index (κ2) is 9.07. The van der Waals surface area contributed by atoms with E-state index in [-0.39, 0.29) is 0 Å². The Balaban J connectivity index is 3.00. The molecule has 0 bridgehead atoms. The second-order valence-electron chi connectivity index (χ2n) is 2.43. The van der Waals surface area contributed by atoms with Gasteiger partial charge in [-0.15, -0.1) is 10.4 Å². The van der Waals surface area contributed by atoms with Crippen molar-refractivity contribution in [3.63, 3.8) is 0 Å². The van der Waals surface area contributed by atoms with Gasteiger partial charge in [-0.2, -0.15) is 0 Å². The van der Waals surface area contributed by atoms with Gasteiger partial charge in [0.05, 0.1) is 6.20 Å². The van der Waals surface area contributed by atoms with E-state index >= 15 is 0 Å². The van der Waals surface area contributed by atoms with Gasteiger partial charge in [-0.05, 0) is 27.8 Å². The van der Waals surface area contributed by atoms with Crippen molar-refractivity contribution in [3.8, 4) is 0 Å². The third-order valence-corrected chi connectivity index (χ3v) is 1.31. The molecule has 0 aliphatic carbocycles. The summed E-state index contributed by atoms with van der Waals surface area (Å²) < 4.78 is 4.73. The van der Waals surface area contributed by atoms with Crippen molar-refractivity contribution in [3.05, 3.63) is 61.0 Å². The van der Waals surface area contributed by atoms with Crippen LogP contribution in [0, 0.1) is 0 Å². The number of hydrogen-bond donors (Lipinski definition) is 1. The second-order valence-corrected chi connectivity index (χ2v) is 2.43. The topological polar surface area (TPSA) is 80.5 Å². The van der Waals surface area contributed by atoms with Gasteiger partial charge in [0, 0.05) is 0 Å². The molecule has 82 valence electrons. The Kier molecular flexibility index (Phi) is 6.56. The Labute approximate surface area is 92.3 Å². The van der Waals surface area contributed by atoms with Gasteiger partial charge < -0.3 is 4.52 Å². The first-order valence-corrected chi connectivity index (χ1v) is 4.52. The van der Waals surface area contributed by atoms with Crippen molar-refractivity contribution in [1.29, 1.82) is 0 Å². The van der Waals surface area contributed by atoms with E-state index < -0.39 is 0 Å². The highest BCUT2D eigenvalue weighted by Gasteiger charge is 1.59. The van der Waals surface area contributed by atoms with E-state index in [2.05, 4.69) is 26.0 Å². The highest BCUT2D eigenvalue weighted by Crippen LogP contribution is 1.76. The fraction of sp³-hybridized carbons (Fsp3) is 0. The smallest absolute Gasteiger partial charge is 0.121 e. The van der Waals surface area contributed by atoms with Crippen LogP contribution in [0.4, 0.5) is 0 Å². The molecular formula is C10H11N5O. The molecule has 0 radical (unpaired) electrons. The number of hydrogen-bond acceptors (Lipinski definition) is 5. The van der Waals surface area contributed by atoms with Crippen LogP contribution in [0.15, 0.2) is 65.5 Å². The molecule has 0 fully saturated rings. The summed E-state index contributed by atoms with van der Waals surface area (Å²) in [6.45, 7) is 0. The van der Waals surface area contributed by atoms with Gasteiger partial charge in [-0.3, -0.25) is 0 Å². The number of nitrogens with one attached hydrogen (secondary N) is 1. The molecule has 6 heteroatoms. The van der Waals surface area contributed by atoms with Gasteiger partial charge in [-0.1, -0.05) is 36.4 Å². The summed E-state index contributed by atoms with van der Waals surface area (Å²) in [6, 6.07) is 14.6. The Hall–Kier alpha value is -2.50. The van der Waals surface area contributed by atoms with Crippen LogP contribution in [0.25, 0.3) is 0 Å². The summed E-state index contributed by atoms with van der Waals surface area (Å²) >= 11 is 0. The first-order valence-electron chi connectivity index (χ1n) is 4.52. The van der Waals surface area contributed by atoms with E-state index in [1.165, 1.54) is 12.5 Å². The molecule has 1 N–H and O–H groups in total. The molecule has 0 atom stereocenters. The summed E-state index contributed by atoms with van der Waals surface area (Å²) in [7, 11) is 0.